The maximum atomic E-state index is 10.7. The van der Waals surface area contributed by atoms with Crippen LogP contribution in [0.25, 0.3) is 0 Å². The van der Waals surface area contributed by atoms with Crippen LogP contribution in [-0.2, 0) is 4.79 Å². The van der Waals surface area contributed by atoms with Crippen molar-refractivity contribution in [1.29, 1.82) is 0 Å². The standard InChI is InChI=1S/C9H17NO.C2H6/c1-7(10-8(2)11)9-5-3-4-6-9;1-2/h7,9H,3-6H2,1-2H3,(H,10,11);1-2H3. The average molecular weight is 185 g/mol. The number of hydrogen-bond donors (Lipinski definition) is 1. The maximum absolute atomic E-state index is 10.7. The van der Waals surface area contributed by atoms with Crippen molar-refractivity contribution in [3.63, 3.8) is 0 Å². The van der Waals surface area contributed by atoms with Gasteiger partial charge in [0.2, 0.25) is 5.91 Å². The van der Waals surface area contributed by atoms with Gasteiger partial charge in [-0.05, 0) is 25.7 Å². The topological polar surface area (TPSA) is 29.1 Å². The Morgan fingerprint density at radius 3 is 2.15 bits per heavy atom. The highest BCUT2D eigenvalue weighted by Gasteiger charge is 2.21. The third-order valence-corrected chi connectivity index (χ3v) is 2.54. The SMILES string of the molecule is CC.CC(=O)NC(C)C1CCCC1. The Balaban J connectivity index is 0.000000671. The molecule has 1 saturated carbocycles. The second-order valence-corrected chi connectivity index (χ2v) is 3.53. The molecule has 0 aromatic heterocycles. The minimum absolute atomic E-state index is 0.101. The van der Waals surface area contributed by atoms with Crippen LogP contribution in [0.1, 0.15) is 53.4 Å². The molecule has 0 aromatic carbocycles. The van der Waals surface area contributed by atoms with Gasteiger partial charge in [0.25, 0.3) is 0 Å². The van der Waals surface area contributed by atoms with Crippen LogP contribution >= 0.6 is 0 Å². The molecule has 0 saturated heterocycles. The fourth-order valence-electron chi connectivity index (χ4n) is 1.90. The molecule has 1 fully saturated rings. The molecule has 0 heterocycles. The van der Waals surface area contributed by atoms with Crippen LogP contribution in [0.2, 0.25) is 0 Å². The van der Waals surface area contributed by atoms with Gasteiger partial charge in [0.1, 0.15) is 0 Å². The third-order valence-electron chi connectivity index (χ3n) is 2.54. The first-order chi connectivity index (χ1) is 6.20. The number of carbonyl (C=O) groups is 1. The summed E-state index contributed by atoms with van der Waals surface area (Å²) in [5.74, 6) is 0.836. The molecule has 0 aliphatic heterocycles. The van der Waals surface area contributed by atoms with Gasteiger partial charge in [-0.3, -0.25) is 4.79 Å². The van der Waals surface area contributed by atoms with Gasteiger partial charge < -0.3 is 5.32 Å². The van der Waals surface area contributed by atoms with Crippen molar-refractivity contribution in [1.82, 2.24) is 5.32 Å². The second kappa shape index (κ2) is 6.93. The van der Waals surface area contributed by atoms with E-state index < -0.39 is 0 Å². The zero-order valence-corrected chi connectivity index (χ0v) is 9.39. The number of hydrogen-bond acceptors (Lipinski definition) is 1. The van der Waals surface area contributed by atoms with E-state index in [1.807, 2.05) is 13.8 Å². The van der Waals surface area contributed by atoms with Crippen LogP contribution in [0.3, 0.4) is 0 Å². The summed E-state index contributed by atoms with van der Waals surface area (Å²) < 4.78 is 0. The first-order valence-corrected chi connectivity index (χ1v) is 5.47. The van der Waals surface area contributed by atoms with Crippen LogP contribution < -0.4 is 5.32 Å². The maximum Gasteiger partial charge on any atom is 0.217 e. The monoisotopic (exact) mass is 185 g/mol. The molecular weight excluding hydrogens is 162 g/mol. The van der Waals surface area contributed by atoms with Gasteiger partial charge >= 0.3 is 0 Å². The first-order valence-electron chi connectivity index (χ1n) is 5.47. The molecule has 78 valence electrons. The molecule has 0 bridgehead atoms. The van der Waals surface area contributed by atoms with Gasteiger partial charge in [-0.15, -0.1) is 0 Å². The molecule has 0 radical (unpaired) electrons. The molecule has 13 heavy (non-hydrogen) atoms. The highest BCUT2D eigenvalue weighted by Crippen LogP contribution is 2.27. The van der Waals surface area contributed by atoms with Crippen LogP contribution in [0.4, 0.5) is 0 Å². The number of rotatable bonds is 2. The van der Waals surface area contributed by atoms with E-state index in [1.54, 1.807) is 6.92 Å². The summed E-state index contributed by atoms with van der Waals surface area (Å²) in [7, 11) is 0. The number of carbonyl (C=O) groups excluding carboxylic acids is 1. The summed E-state index contributed by atoms with van der Waals surface area (Å²) in [4.78, 5) is 10.7. The van der Waals surface area contributed by atoms with Crippen LogP contribution in [0, 0.1) is 5.92 Å². The molecular formula is C11H23NO. The third kappa shape index (κ3) is 4.91. The first kappa shape index (κ1) is 12.5. The summed E-state index contributed by atoms with van der Waals surface area (Å²) in [6.45, 7) is 7.70. The molecule has 1 amide bonds. The van der Waals surface area contributed by atoms with Crippen molar-refractivity contribution in [3.8, 4) is 0 Å². The molecule has 1 N–H and O–H groups in total. The Morgan fingerprint density at radius 2 is 1.77 bits per heavy atom. The largest absolute Gasteiger partial charge is 0.354 e. The van der Waals surface area contributed by atoms with Crippen molar-refractivity contribution in [2.24, 2.45) is 5.92 Å². The quantitative estimate of drug-likeness (QED) is 0.704. The minimum Gasteiger partial charge on any atom is -0.354 e. The van der Waals surface area contributed by atoms with Crippen molar-refractivity contribution in [3.05, 3.63) is 0 Å². The smallest absolute Gasteiger partial charge is 0.217 e. The van der Waals surface area contributed by atoms with Crippen molar-refractivity contribution >= 4 is 5.91 Å². The normalized spacial score (nSPS) is 18.8. The molecule has 2 heteroatoms. The molecule has 0 aromatic rings. The molecule has 1 rings (SSSR count). The zero-order chi connectivity index (χ0) is 10.3. The molecule has 1 aliphatic carbocycles. The Hall–Kier alpha value is -0.530. The fraction of sp³-hybridized carbons (Fsp3) is 0.909. The van der Waals surface area contributed by atoms with Gasteiger partial charge in [-0.2, -0.15) is 0 Å². The average Bonchev–Trinajstić information content (AvgIpc) is 2.58. The molecule has 2 nitrogen and oxygen atoms in total. The summed E-state index contributed by atoms with van der Waals surface area (Å²) in [6, 6.07) is 0.384. The summed E-state index contributed by atoms with van der Waals surface area (Å²) in [5.41, 5.74) is 0. The van der Waals surface area contributed by atoms with E-state index in [0.717, 1.165) is 5.92 Å². The molecule has 1 aliphatic rings. The van der Waals surface area contributed by atoms with Crippen molar-refractivity contribution in [2.45, 2.75) is 59.4 Å². The Morgan fingerprint density at radius 1 is 1.31 bits per heavy atom. The van der Waals surface area contributed by atoms with Crippen molar-refractivity contribution in [2.75, 3.05) is 0 Å². The summed E-state index contributed by atoms with van der Waals surface area (Å²) in [6.07, 6.45) is 5.27. The van der Waals surface area contributed by atoms with E-state index in [0.29, 0.717) is 6.04 Å². The Kier molecular flexibility index (Phi) is 6.65. The van der Waals surface area contributed by atoms with Gasteiger partial charge in [-0.25, -0.2) is 0 Å². The molecule has 1 unspecified atom stereocenters. The van der Waals surface area contributed by atoms with Gasteiger partial charge in [0.05, 0.1) is 0 Å². The Bertz CT molecular complexity index is 139. The zero-order valence-electron chi connectivity index (χ0n) is 9.39. The van der Waals surface area contributed by atoms with Crippen LogP contribution in [0.5, 0.6) is 0 Å². The molecule has 0 spiro atoms. The predicted molar refractivity (Wildman–Crippen MR) is 56.6 cm³/mol. The van der Waals surface area contributed by atoms with E-state index in [2.05, 4.69) is 12.2 Å². The predicted octanol–water partition coefficient (Wildman–Crippen LogP) is 2.73. The lowest BCUT2D eigenvalue weighted by molar-refractivity contribution is -0.119. The molecule has 1 atom stereocenters. The van der Waals surface area contributed by atoms with E-state index in [9.17, 15) is 4.79 Å². The highest BCUT2D eigenvalue weighted by atomic mass is 16.1. The fourth-order valence-corrected chi connectivity index (χ4v) is 1.90. The summed E-state index contributed by atoms with van der Waals surface area (Å²) >= 11 is 0. The minimum atomic E-state index is 0.101. The van der Waals surface area contributed by atoms with Gasteiger partial charge in [0, 0.05) is 13.0 Å². The van der Waals surface area contributed by atoms with E-state index in [4.69, 9.17) is 0 Å². The van der Waals surface area contributed by atoms with E-state index in [-0.39, 0.29) is 5.91 Å². The number of nitrogens with one attached hydrogen (secondary N) is 1. The lowest BCUT2D eigenvalue weighted by Gasteiger charge is -2.18. The van der Waals surface area contributed by atoms with Crippen molar-refractivity contribution < 1.29 is 4.79 Å². The highest BCUT2D eigenvalue weighted by molar-refractivity contribution is 5.73. The second-order valence-electron chi connectivity index (χ2n) is 3.53. The lowest BCUT2D eigenvalue weighted by atomic mass is 10.00. The number of amides is 1. The van der Waals surface area contributed by atoms with Crippen LogP contribution in [0.15, 0.2) is 0 Å². The Labute approximate surface area is 82.1 Å². The van der Waals surface area contributed by atoms with Gasteiger partial charge in [0.15, 0.2) is 0 Å². The lowest BCUT2D eigenvalue weighted by Crippen LogP contribution is -2.35. The summed E-state index contributed by atoms with van der Waals surface area (Å²) in [5, 5.41) is 2.95. The van der Waals surface area contributed by atoms with Gasteiger partial charge in [-0.1, -0.05) is 26.7 Å². The van der Waals surface area contributed by atoms with E-state index in [1.165, 1.54) is 25.7 Å². The van der Waals surface area contributed by atoms with Crippen LogP contribution in [-0.4, -0.2) is 11.9 Å². The van der Waals surface area contributed by atoms with E-state index >= 15 is 0 Å².